The van der Waals surface area contributed by atoms with Gasteiger partial charge in [0.2, 0.25) is 0 Å². The van der Waals surface area contributed by atoms with Gasteiger partial charge in [0.05, 0.1) is 0 Å². The van der Waals surface area contributed by atoms with E-state index in [2.05, 4.69) is 25.1 Å². The van der Waals surface area contributed by atoms with Crippen LogP contribution in [0.3, 0.4) is 0 Å². The second-order valence-corrected chi connectivity index (χ2v) is 8.15. The highest BCUT2D eigenvalue weighted by atomic mass is 16.3. The molecule has 0 saturated heterocycles. The first kappa shape index (κ1) is 20.5. The van der Waals surface area contributed by atoms with Crippen LogP contribution in [-0.2, 0) is 6.42 Å². The van der Waals surface area contributed by atoms with Crippen molar-refractivity contribution in [3.05, 3.63) is 65.2 Å². The van der Waals surface area contributed by atoms with E-state index < -0.39 is 0 Å². The van der Waals surface area contributed by atoms with Crippen LogP contribution < -0.4 is 0 Å². The van der Waals surface area contributed by atoms with Gasteiger partial charge >= 0.3 is 0 Å². The monoisotopic (exact) mass is 378 g/mol. The molecular weight excluding hydrogens is 344 g/mol. The highest BCUT2D eigenvalue weighted by Crippen LogP contribution is 2.37. The Morgan fingerprint density at radius 3 is 2.36 bits per heavy atom. The van der Waals surface area contributed by atoms with Gasteiger partial charge in [-0.3, -0.25) is 0 Å². The molecule has 1 aliphatic carbocycles. The Morgan fingerprint density at radius 1 is 0.893 bits per heavy atom. The van der Waals surface area contributed by atoms with Crippen molar-refractivity contribution in [2.75, 3.05) is 0 Å². The van der Waals surface area contributed by atoms with Crippen LogP contribution >= 0.6 is 0 Å². The fourth-order valence-electron chi connectivity index (χ4n) is 4.23. The van der Waals surface area contributed by atoms with Gasteiger partial charge in [0.25, 0.3) is 0 Å². The van der Waals surface area contributed by atoms with Crippen molar-refractivity contribution in [2.24, 2.45) is 0 Å². The number of aromatic hydroxyl groups is 2. The number of aryl methyl sites for hydroxylation is 1. The van der Waals surface area contributed by atoms with Gasteiger partial charge < -0.3 is 10.2 Å². The summed E-state index contributed by atoms with van der Waals surface area (Å²) in [4.78, 5) is 0. The number of allylic oxidation sites excluding steroid dienone is 2. The van der Waals surface area contributed by atoms with Crippen molar-refractivity contribution in [3.63, 3.8) is 0 Å². The van der Waals surface area contributed by atoms with Gasteiger partial charge in [-0.1, -0.05) is 63.3 Å². The zero-order valence-electron chi connectivity index (χ0n) is 17.2. The maximum Gasteiger partial charge on any atom is 0.118 e. The Bertz CT molecular complexity index is 774. The topological polar surface area (TPSA) is 40.5 Å². The third-order valence-electron chi connectivity index (χ3n) is 6.03. The molecule has 2 aromatic carbocycles. The summed E-state index contributed by atoms with van der Waals surface area (Å²) in [7, 11) is 0. The third kappa shape index (κ3) is 5.64. The predicted molar refractivity (Wildman–Crippen MR) is 118 cm³/mol. The molecule has 1 aliphatic rings. The molecule has 2 heteroatoms. The molecule has 0 saturated carbocycles. The Labute approximate surface area is 169 Å². The minimum atomic E-state index is 0.331. The first-order valence-corrected chi connectivity index (χ1v) is 11.0. The van der Waals surface area contributed by atoms with Gasteiger partial charge in [-0.25, -0.2) is 0 Å². The van der Waals surface area contributed by atoms with Crippen LogP contribution in [0.1, 0.15) is 87.3 Å². The largest absolute Gasteiger partial charge is 0.508 e. The van der Waals surface area contributed by atoms with E-state index >= 15 is 0 Å². The van der Waals surface area contributed by atoms with Crippen LogP contribution in [0.4, 0.5) is 0 Å². The summed E-state index contributed by atoms with van der Waals surface area (Å²) >= 11 is 0. The number of rotatable bonds is 9. The maximum atomic E-state index is 10.2. The Hall–Kier alpha value is -2.22. The van der Waals surface area contributed by atoms with E-state index in [4.69, 9.17) is 0 Å². The zero-order valence-corrected chi connectivity index (χ0v) is 17.2. The highest BCUT2D eigenvalue weighted by molar-refractivity contribution is 5.68. The standard InChI is InChI=1S/C26H34O2/c1-2-3-4-5-6-7-8-24-19-23(15-18-26(24)28)22-11-9-20(10-12-22)21-13-16-25(27)17-14-21/h11,13-20,27-28H,2-10,12H2,1H3. The quantitative estimate of drug-likeness (QED) is 0.448. The van der Waals surface area contributed by atoms with Gasteiger partial charge in [0.1, 0.15) is 11.5 Å². The molecule has 150 valence electrons. The normalized spacial score (nSPS) is 16.8. The lowest BCUT2D eigenvalue weighted by Gasteiger charge is -2.23. The van der Waals surface area contributed by atoms with Crippen LogP contribution in [0.2, 0.25) is 0 Å². The maximum absolute atomic E-state index is 10.2. The first-order chi connectivity index (χ1) is 13.7. The molecule has 2 N–H and O–H groups in total. The molecular formula is C26H34O2. The number of phenolic OH excluding ortho intramolecular Hbond substituents is 2. The fourth-order valence-corrected chi connectivity index (χ4v) is 4.23. The van der Waals surface area contributed by atoms with E-state index in [0.717, 1.165) is 37.7 Å². The summed E-state index contributed by atoms with van der Waals surface area (Å²) in [6.45, 7) is 2.25. The molecule has 0 fully saturated rings. The molecule has 2 aromatic rings. The Kier molecular flexibility index (Phi) is 7.59. The van der Waals surface area contributed by atoms with E-state index in [1.165, 1.54) is 48.8 Å². The Balaban J connectivity index is 1.58. The number of hydrogen-bond donors (Lipinski definition) is 2. The molecule has 0 bridgehead atoms. The molecule has 1 unspecified atom stereocenters. The lowest BCUT2D eigenvalue weighted by Crippen LogP contribution is -2.04. The average Bonchev–Trinajstić information content (AvgIpc) is 2.72. The van der Waals surface area contributed by atoms with Crippen LogP contribution in [0.25, 0.3) is 5.57 Å². The second kappa shape index (κ2) is 10.4. The predicted octanol–water partition coefficient (Wildman–Crippen LogP) is 7.35. The van der Waals surface area contributed by atoms with Crippen molar-refractivity contribution in [3.8, 4) is 11.5 Å². The summed E-state index contributed by atoms with van der Waals surface area (Å²) in [5, 5.41) is 19.7. The lowest BCUT2D eigenvalue weighted by molar-refractivity contribution is 0.466. The first-order valence-electron chi connectivity index (χ1n) is 11.0. The minimum Gasteiger partial charge on any atom is -0.508 e. The fraction of sp³-hybridized carbons (Fsp3) is 0.462. The summed E-state index contributed by atoms with van der Waals surface area (Å²) in [6.07, 6.45) is 14.2. The van der Waals surface area contributed by atoms with Gasteiger partial charge in [0.15, 0.2) is 0 Å². The molecule has 2 nitrogen and oxygen atoms in total. The molecule has 1 atom stereocenters. The SMILES string of the molecule is CCCCCCCCc1cc(C2=CCC(c3ccc(O)cc3)CC2)ccc1O. The number of benzene rings is 2. The Morgan fingerprint density at radius 2 is 1.64 bits per heavy atom. The molecule has 3 rings (SSSR count). The van der Waals surface area contributed by atoms with Crippen LogP contribution in [0.5, 0.6) is 11.5 Å². The lowest BCUT2D eigenvalue weighted by atomic mass is 9.82. The van der Waals surface area contributed by atoms with Crippen molar-refractivity contribution in [2.45, 2.75) is 77.0 Å². The summed E-state index contributed by atoms with van der Waals surface area (Å²) in [5.74, 6) is 1.30. The molecule has 0 aliphatic heterocycles. The summed E-state index contributed by atoms with van der Waals surface area (Å²) < 4.78 is 0. The van der Waals surface area contributed by atoms with Gasteiger partial charge in [-0.05, 0) is 84.6 Å². The average molecular weight is 379 g/mol. The van der Waals surface area contributed by atoms with Crippen molar-refractivity contribution in [1.29, 1.82) is 0 Å². The van der Waals surface area contributed by atoms with Gasteiger partial charge in [-0.15, -0.1) is 0 Å². The van der Waals surface area contributed by atoms with E-state index in [9.17, 15) is 10.2 Å². The summed E-state index contributed by atoms with van der Waals surface area (Å²) in [6, 6.07) is 13.8. The van der Waals surface area contributed by atoms with E-state index in [0.29, 0.717) is 17.4 Å². The number of unbranched alkanes of at least 4 members (excludes halogenated alkanes) is 5. The van der Waals surface area contributed by atoms with Gasteiger partial charge in [-0.2, -0.15) is 0 Å². The highest BCUT2D eigenvalue weighted by Gasteiger charge is 2.18. The van der Waals surface area contributed by atoms with E-state index in [1.807, 2.05) is 18.2 Å². The van der Waals surface area contributed by atoms with E-state index in [-0.39, 0.29) is 0 Å². The van der Waals surface area contributed by atoms with Crippen molar-refractivity contribution in [1.82, 2.24) is 0 Å². The minimum absolute atomic E-state index is 0.331. The van der Waals surface area contributed by atoms with Crippen LogP contribution in [-0.4, -0.2) is 10.2 Å². The second-order valence-electron chi connectivity index (χ2n) is 8.15. The van der Waals surface area contributed by atoms with E-state index in [1.54, 1.807) is 12.1 Å². The smallest absolute Gasteiger partial charge is 0.118 e. The zero-order chi connectivity index (χ0) is 19.8. The molecule has 0 spiro atoms. The molecule has 28 heavy (non-hydrogen) atoms. The molecule has 0 heterocycles. The van der Waals surface area contributed by atoms with Crippen molar-refractivity contribution >= 4 is 5.57 Å². The third-order valence-corrected chi connectivity index (χ3v) is 6.03. The molecule has 0 amide bonds. The van der Waals surface area contributed by atoms with Gasteiger partial charge in [0, 0.05) is 0 Å². The van der Waals surface area contributed by atoms with Crippen molar-refractivity contribution < 1.29 is 10.2 Å². The van der Waals surface area contributed by atoms with Crippen LogP contribution in [0, 0.1) is 0 Å². The van der Waals surface area contributed by atoms with Crippen LogP contribution in [0.15, 0.2) is 48.5 Å². The molecule has 0 aromatic heterocycles. The number of phenols is 2. The number of hydrogen-bond acceptors (Lipinski definition) is 2. The summed E-state index contributed by atoms with van der Waals surface area (Å²) in [5.41, 5.74) is 5.07. The molecule has 0 radical (unpaired) electrons.